The maximum atomic E-state index is 9.63. The summed E-state index contributed by atoms with van der Waals surface area (Å²) in [7, 11) is 0. The van der Waals surface area contributed by atoms with Crippen LogP contribution in [-0.4, -0.2) is 27.7 Å². The van der Waals surface area contributed by atoms with Crippen molar-refractivity contribution in [3.05, 3.63) is 11.8 Å². The van der Waals surface area contributed by atoms with E-state index in [0.717, 1.165) is 43.6 Å². The standard InChI is InChI=1S/C12H21N5O/c1-8-6-15-12(17-13)16-11(8)14-7-9-3-2-4-10(18)5-9/h6,9-10,18H,2-5,7,13H2,1H3,(H2,14,15,16,17). The largest absolute Gasteiger partial charge is 0.393 e. The summed E-state index contributed by atoms with van der Waals surface area (Å²) in [5.74, 6) is 7.01. The van der Waals surface area contributed by atoms with Crippen molar-refractivity contribution in [1.82, 2.24) is 9.97 Å². The van der Waals surface area contributed by atoms with E-state index >= 15 is 0 Å². The molecule has 6 heteroatoms. The Morgan fingerprint density at radius 3 is 3.06 bits per heavy atom. The van der Waals surface area contributed by atoms with Crippen molar-refractivity contribution in [1.29, 1.82) is 0 Å². The topological polar surface area (TPSA) is 96.1 Å². The number of nitrogens with zero attached hydrogens (tertiary/aromatic N) is 2. The second-order valence-corrected chi connectivity index (χ2v) is 4.94. The zero-order valence-corrected chi connectivity index (χ0v) is 10.7. The molecule has 0 bridgehead atoms. The molecule has 6 nitrogen and oxygen atoms in total. The summed E-state index contributed by atoms with van der Waals surface area (Å²) < 4.78 is 0. The Kier molecular flexibility index (Phi) is 4.33. The first-order chi connectivity index (χ1) is 8.69. The van der Waals surface area contributed by atoms with Crippen molar-refractivity contribution in [2.24, 2.45) is 11.8 Å². The fourth-order valence-electron chi connectivity index (χ4n) is 2.38. The van der Waals surface area contributed by atoms with Gasteiger partial charge in [0.05, 0.1) is 6.10 Å². The van der Waals surface area contributed by atoms with Crippen LogP contribution in [0.1, 0.15) is 31.2 Å². The molecular weight excluding hydrogens is 230 g/mol. The lowest BCUT2D eigenvalue weighted by Crippen LogP contribution is -2.25. The predicted octanol–water partition coefficient (Wildman–Crippen LogP) is 1.03. The average molecular weight is 251 g/mol. The van der Waals surface area contributed by atoms with Crippen LogP contribution < -0.4 is 16.6 Å². The van der Waals surface area contributed by atoms with Gasteiger partial charge in [0.25, 0.3) is 0 Å². The molecule has 2 rings (SSSR count). The van der Waals surface area contributed by atoms with Crippen LogP contribution in [0.3, 0.4) is 0 Å². The highest BCUT2D eigenvalue weighted by Gasteiger charge is 2.20. The van der Waals surface area contributed by atoms with Gasteiger partial charge in [0.15, 0.2) is 0 Å². The summed E-state index contributed by atoms with van der Waals surface area (Å²) in [6.45, 7) is 2.79. The Morgan fingerprint density at radius 2 is 2.33 bits per heavy atom. The Bertz CT molecular complexity index is 398. The highest BCUT2D eigenvalue weighted by Crippen LogP contribution is 2.24. The van der Waals surface area contributed by atoms with E-state index in [1.54, 1.807) is 6.20 Å². The van der Waals surface area contributed by atoms with E-state index in [9.17, 15) is 5.11 Å². The fraction of sp³-hybridized carbons (Fsp3) is 0.667. The van der Waals surface area contributed by atoms with Crippen molar-refractivity contribution in [2.75, 3.05) is 17.3 Å². The number of aromatic nitrogens is 2. The lowest BCUT2D eigenvalue weighted by molar-refractivity contribution is 0.104. The second kappa shape index (κ2) is 5.97. The van der Waals surface area contributed by atoms with Gasteiger partial charge in [-0.2, -0.15) is 4.98 Å². The van der Waals surface area contributed by atoms with Gasteiger partial charge in [-0.1, -0.05) is 6.42 Å². The van der Waals surface area contributed by atoms with Gasteiger partial charge in [0, 0.05) is 18.3 Å². The van der Waals surface area contributed by atoms with Crippen molar-refractivity contribution in [3.8, 4) is 0 Å². The number of rotatable bonds is 4. The van der Waals surface area contributed by atoms with Gasteiger partial charge in [-0.3, -0.25) is 5.43 Å². The van der Waals surface area contributed by atoms with Crippen LogP contribution in [0.15, 0.2) is 6.20 Å². The van der Waals surface area contributed by atoms with E-state index in [4.69, 9.17) is 5.84 Å². The van der Waals surface area contributed by atoms with Crippen LogP contribution in [0, 0.1) is 12.8 Å². The van der Waals surface area contributed by atoms with E-state index < -0.39 is 0 Å². The summed E-state index contributed by atoms with van der Waals surface area (Å²) in [6.07, 6.45) is 5.67. The molecule has 2 atom stereocenters. The first-order valence-corrected chi connectivity index (χ1v) is 6.41. The molecule has 0 amide bonds. The van der Waals surface area contributed by atoms with Gasteiger partial charge in [0.2, 0.25) is 5.95 Å². The van der Waals surface area contributed by atoms with Crippen molar-refractivity contribution >= 4 is 11.8 Å². The number of nitrogen functional groups attached to an aromatic ring is 1. The SMILES string of the molecule is Cc1cnc(NN)nc1NCC1CCCC(O)C1. The van der Waals surface area contributed by atoms with Crippen molar-refractivity contribution in [3.63, 3.8) is 0 Å². The van der Waals surface area contributed by atoms with Gasteiger partial charge >= 0.3 is 0 Å². The lowest BCUT2D eigenvalue weighted by atomic mass is 9.87. The van der Waals surface area contributed by atoms with Crippen LogP contribution in [0.2, 0.25) is 0 Å². The van der Waals surface area contributed by atoms with E-state index in [1.165, 1.54) is 0 Å². The maximum absolute atomic E-state index is 9.63. The number of aliphatic hydroxyl groups excluding tert-OH is 1. The Morgan fingerprint density at radius 1 is 1.50 bits per heavy atom. The summed E-state index contributed by atoms with van der Waals surface area (Å²) in [5.41, 5.74) is 3.43. The van der Waals surface area contributed by atoms with Gasteiger partial charge < -0.3 is 10.4 Å². The minimum Gasteiger partial charge on any atom is -0.393 e. The molecule has 1 fully saturated rings. The number of hydrogen-bond acceptors (Lipinski definition) is 6. The second-order valence-electron chi connectivity index (χ2n) is 4.94. The molecule has 0 aromatic carbocycles. The lowest BCUT2D eigenvalue weighted by Gasteiger charge is -2.26. The van der Waals surface area contributed by atoms with Crippen LogP contribution >= 0.6 is 0 Å². The normalized spacial score (nSPS) is 23.7. The molecule has 0 aliphatic heterocycles. The molecule has 0 radical (unpaired) electrons. The first kappa shape index (κ1) is 13.0. The van der Waals surface area contributed by atoms with Gasteiger partial charge in [-0.15, -0.1) is 0 Å². The predicted molar refractivity (Wildman–Crippen MR) is 71.0 cm³/mol. The smallest absolute Gasteiger partial charge is 0.239 e. The molecule has 1 heterocycles. The Hall–Kier alpha value is -1.40. The van der Waals surface area contributed by atoms with E-state index in [2.05, 4.69) is 20.7 Å². The zero-order chi connectivity index (χ0) is 13.0. The number of nitrogens with one attached hydrogen (secondary N) is 2. The number of aryl methyl sites for hydroxylation is 1. The molecule has 18 heavy (non-hydrogen) atoms. The number of nitrogens with two attached hydrogens (primary N) is 1. The molecule has 0 spiro atoms. The van der Waals surface area contributed by atoms with Crippen molar-refractivity contribution < 1.29 is 5.11 Å². The molecule has 1 aromatic heterocycles. The quantitative estimate of drug-likeness (QED) is 0.471. The summed E-state index contributed by atoms with van der Waals surface area (Å²) in [5, 5.41) is 13.0. The Balaban J connectivity index is 1.92. The summed E-state index contributed by atoms with van der Waals surface area (Å²) in [6, 6.07) is 0. The molecular formula is C12H21N5O. The van der Waals surface area contributed by atoms with Crippen LogP contribution in [0.4, 0.5) is 11.8 Å². The number of aliphatic hydroxyl groups is 1. The molecule has 1 aromatic rings. The van der Waals surface area contributed by atoms with E-state index in [1.807, 2.05) is 6.92 Å². The van der Waals surface area contributed by atoms with Crippen LogP contribution in [0.25, 0.3) is 0 Å². The van der Waals surface area contributed by atoms with Gasteiger partial charge in [0.1, 0.15) is 5.82 Å². The molecule has 100 valence electrons. The third-order valence-corrected chi connectivity index (χ3v) is 3.41. The number of anilines is 2. The maximum Gasteiger partial charge on any atom is 0.239 e. The molecule has 1 saturated carbocycles. The molecule has 0 saturated heterocycles. The summed E-state index contributed by atoms with van der Waals surface area (Å²) >= 11 is 0. The number of hydrogen-bond donors (Lipinski definition) is 4. The summed E-state index contributed by atoms with van der Waals surface area (Å²) in [4.78, 5) is 8.31. The van der Waals surface area contributed by atoms with E-state index in [-0.39, 0.29) is 6.10 Å². The first-order valence-electron chi connectivity index (χ1n) is 6.41. The highest BCUT2D eigenvalue weighted by atomic mass is 16.3. The highest BCUT2D eigenvalue weighted by molar-refractivity contribution is 5.45. The zero-order valence-electron chi connectivity index (χ0n) is 10.7. The van der Waals surface area contributed by atoms with E-state index in [0.29, 0.717) is 11.9 Å². The minimum absolute atomic E-state index is 0.140. The molecule has 5 N–H and O–H groups in total. The molecule has 1 aliphatic carbocycles. The minimum atomic E-state index is -0.140. The Labute approximate surface area is 107 Å². The third kappa shape index (κ3) is 3.30. The fourth-order valence-corrected chi connectivity index (χ4v) is 2.38. The van der Waals surface area contributed by atoms with Crippen molar-refractivity contribution in [2.45, 2.75) is 38.7 Å². The monoisotopic (exact) mass is 251 g/mol. The van der Waals surface area contributed by atoms with Crippen LogP contribution in [-0.2, 0) is 0 Å². The van der Waals surface area contributed by atoms with Crippen LogP contribution in [0.5, 0.6) is 0 Å². The molecule has 1 aliphatic rings. The number of hydrazine groups is 1. The average Bonchev–Trinajstić information content (AvgIpc) is 2.38. The third-order valence-electron chi connectivity index (χ3n) is 3.41. The molecule has 2 unspecified atom stereocenters. The van der Waals surface area contributed by atoms with Gasteiger partial charge in [-0.05, 0) is 32.1 Å². The van der Waals surface area contributed by atoms with Gasteiger partial charge in [-0.25, -0.2) is 10.8 Å².